The lowest BCUT2D eigenvalue weighted by atomic mass is 9.51. The predicted octanol–water partition coefficient (Wildman–Crippen LogP) is 10.1. The number of hydrogen-bond acceptors (Lipinski definition) is 0. The van der Waals surface area contributed by atoms with Gasteiger partial charge in [0.25, 0.3) is 0 Å². The Morgan fingerprint density at radius 3 is 1.07 bits per heavy atom. The van der Waals surface area contributed by atoms with E-state index in [9.17, 15) is 0 Å². The zero-order chi connectivity index (χ0) is 26.9. The minimum absolute atomic E-state index is 0.513. The van der Waals surface area contributed by atoms with Crippen molar-refractivity contribution in [1.82, 2.24) is 0 Å². The molecule has 0 fully saturated rings. The Morgan fingerprint density at radius 2 is 0.675 bits per heavy atom. The van der Waals surface area contributed by atoms with Crippen molar-refractivity contribution in [3.05, 3.63) is 200 Å². The van der Waals surface area contributed by atoms with E-state index in [1.165, 1.54) is 55.6 Å². The van der Waals surface area contributed by atoms with Crippen LogP contribution >= 0.6 is 23.2 Å². The molecule has 0 saturated carbocycles. The van der Waals surface area contributed by atoms with Gasteiger partial charge in [0.1, 0.15) is 0 Å². The quantitative estimate of drug-likeness (QED) is 0.201. The first kappa shape index (κ1) is 23.8. The number of halogens is 2. The van der Waals surface area contributed by atoms with Crippen molar-refractivity contribution in [2.24, 2.45) is 0 Å². The largest absolute Gasteiger partial charge is 0.0843 e. The first-order valence-electron chi connectivity index (χ1n) is 13.6. The van der Waals surface area contributed by atoms with E-state index in [2.05, 4.69) is 133 Å². The fourth-order valence-corrected chi connectivity index (χ4v) is 7.92. The van der Waals surface area contributed by atoms with Gasteiger partial charge in [-0.25, -0.2) is 0 Å². The molecular formula is C38H24Cl2. The van der Waals surface area contributed by atoms with Crippen LogP contribution in [-0.2, 0) is 10.8 Å². The molecular weight excluding hydrogens is 527 g/mol. The maximum atomic E-state index is 6.78. The Morgan fingerprint density at radius 1 is 0.325 bits per heavy atom. The van der Waals surface area contributed by atoms with Gasteiger partial charge in [-0.3, -0.25) is 0 Å². The Hall–Kier alpha value is -4.10. The van der Waals surface area contributed by atoms with Gasteiger partial charge in [-0.15, -0.1) is 0 Å². The van der Waals surface area contributed by atoms with E-state index in [0.29, 0.717) is 0 Å². The summed E-state index contributed by atoms with van der Waals surface area (Å²) in [6.45, 7) is 0. The molecule has 6 aromatic rings. The normalized spacial score (nSPS) is 15.2. The van der Waals surface area contributed by atoms with Crippen molar-refractivity contribution < 1.29 is 0 Å². The zero-order valence-corrected chi connectivity index (χ0v) is 23.1. The molecule has 0 unspecified atom stereocenters. The molecule has 0 amide bonds. The lowest BCUT2D eigenvalue weighted by molar-refractivity contribution is 0.623. The van der Waals surface area contributed by atoms with E-state index >= 15 is 0 Å². The van der Waals surface area contributed by atoms with Crippen LogP contribution in [0.25, 0.3) is 11.1 Å². The lowest BCUT2D eigenvalue weighted by Gasteiger charge is -2.50. The van der Waals surface area contributed by atoms with Gasteiger partial charge in [-0.05, 0) is 79.9 Å². The molecule has 190 valence electrons. The third-order valence-electron chi connectivity index (χ3n) is 8.95. The summed E-state index contributed by atoms with van der Waals surface area (Å²) in [6, 6.07) is 52.5. The summed E-state index contributed by atoms with van der Waals surface area (Å²) in [5.74, 6) is 0. The molecule has 40 heavy (non-hydrogen) atoms. The molecule has 0 nitrogen and oxygen atoms in total. The highest BCUT2D eigenvalue weighted by molar-refractivity contribution is 6.31. The molecule has 0 radical (unpaired) electrons. The second kappa shape index (κ2) is 8.70. The van der Waals surface area contributed by atoms with E-state index < -0.39 is 10.8 Å². The fourth-order valence-electron chi connectivity index (χ4n) is 7.58. The standard InChI is InChI=1S/C38H24Cl2/c39-27-19-21-29-30-22-20-28(40)24-36(30)38(35(29)23-27)33-17-9-7-15-31(33)37(25-11-3-1-4-12-25,26-13-5-2-6-14-26)32-16-8-10-18-34(32)38/h1-24H. The molecule has 2 aliphatic rings. The van der Waals surface area contributed by atoms with Crippen molar-refractivity contribution in [3.8, 4) is 11.1 Å². The summed E-state index contributed by atoms with van der Waals surface area (Å²) in [7, 11) is 0. The van der Waals surface area contributed by atoms with Crippen molar-refractivity contribution in [1.29, 1.82) is 0 Å². The van der Waals surface area contributed by atoms with Gasteiger partial charge in [0.2, 0.25) is 0 Å². The highest BCUT2D eigenvalue weighted by Gasteiger charge is 2.56. The van der Waals surface area contributed by atoms with Crippen LogP contribution in [0.5, 0.6) is 0 Å². The molecule has 0 aromatic heterocycles. The fraction of sp³-hybridized carbons (Fsp3) is 0.0526. The van der Waals surface area contributed by atoms with Gasteiger partial charge in [-0.2, -0.15) is 0 Å². The Kier molecular flexibility index (Phi) is 5.17. The monoisotopic (exact) mass is 550 g/mol. The van der Waals surface area contributed by atoms with Crippen LogP contribution < -0.4 is 0 Å². The van der Waals surface area contributed by atoms with Crippen molar-refractivity contribution in [2.75, 3.05) is 0 Å². The molecule has 0 heterocycles. The second-order valence-electron chi connectivity index (χ2n) is 10.7. The van der Waals surface area contributed by atoms with Gasteiger partial charge < -0.3 is 0 Å². The lowest BCUT2D eigenvalue weighted by Crippen LogP contribution is -2.44. The SMILES string of the molecule is Clc1ccc2c(c1)C1(c3cc(Cl)ccc3-2)c2ccccc2C(c2ccccc2)(c2ccccc2)c2ccccc21. The molecule has 0 bridgehead atoms. The van der Waals surface area contributed by atoms with Gasteiger partial charge in [0, 0.05) is 10.0 Å². The van der Waals surface area contributed by atoms with E-state index in [-0.39, 0.29) is 0 Å². The number of fused-ring (bicyclic) bond motifs is 9. The smallest absolute Gasteiger partial charge is 0.0721 e. The summed E-state index contributed by atoms with van der Waals surface area (Å²) >= 11 is 13.6. The molecule has 2 heteroatoms. The minimum Gasteiger partial charge on any atom is -0.0843 e. The first-order valence-corrected chi connectivity index (χ1v) is 14.3. The predicted molar refractivity (Wildman–Crippen MR) is 166 cm³/mol. The van der Waals surface area contributed by atoms with E-state index in [4.69, 9.17) is 23.2 Å². The number of rotatable bonds is 2. The number of benzene rings is 6. The zero-order valence-electron chi connectivity index (χ0n) is 21.6. The second-order valence-corrected chi connectivity index (χ2v) is 11.6. The first-order chi connectivity index (χ1) is 19.7. The van der Waals surface area contributed by atoms with E-state index in [1.54, 1.807) is 0 Å². The van der Waals surface area contributed by atoms with Crippen LogP contribution in [0.2, 0.25) is 10.0 Å². The summed E-state index contributed by atoms with van der Waals surface area (Å²) in [4.78, 5) is 0. The van der Waals surface area contributed by atoms with Crippen LogP contribution in [0.1, 0.15) is 44.5 Å². The average molecular weight is 552 g/mol. The molecule has 0 aliphatic heterocycles. The Bertz CT molecular complexity index is 1780. The van der Waals surface area contributed by atoms with Gasteiger partial charge in [0.15, 0.2) is 0 Å². The van der Waals surface area contributed by atoms with Crippen molar-refractivity contribution in [3.63, 3.8) is 0 Å². The van der Waals surface area contributed by atoms with Gasteiger partial charge in [0.05, 0.1) is 10.8 Å². The third-order valence-corrected chi connectivity index (χ3v) is 9.42. The number of hydrogen-bond donors (Lipinski definition) is 0. The van der Waals surface area contributed by atoms with Crippen LogP contribution in [0.4, 0.5) is 0 Å². The maximum Gasteiger partial charge on any atom is 0.0721 e. The van der Waals surface area contributed by atoms with E-state index in [1.807, 2.05) is 12.1 Å². The van der Waals surface area contributed by atoms with Crippen LogP contribution in [0.15, 0.2) is 146 Å². The van der Waals surface area contributed by atoms with Crippen molar-refractivity contribution in [2.45, 2.75) is 10.8 Å². The average Bonchev–Trinajstić information content (AvgIpc) is 3.28. The Balaban J connectivity index is 1.63. The molecule has 2 aliphatic carbocycles. The molecule has 8 rings (SSSR count). The topological polar surface area (TPSA) is 0 Å². The van der Waals surface area contributed by atoms with Crippen LogP contribution in [-0.4, -0.2) is 0 Å². The minimum atomic E-state index is -0.569. The Labute approximate surface area is 244 Å². The highest BCUT2D eigenvalue weighted by atomic mass is 35.5. The summed E-state index contributed by atoms with van der Waals surface area (Å²) in [6.07, 6.45) is 0. The van der Waals surface area contributed by atoms with Crippen LogP contribution in [0.3, 0.4) is 0 Å². The third kappa shape index (κ3) is 2.93. The maximum absolute atomic E-state index is 6.78. The molecule has 6 aromatic carbocycles. The molecule has 0 N–H and O–H groups in total. The van der Waals surface area contributed by atoms with Gasteiger partial charge in [-0.1, -0.05) is 145 Å². The van der Waals surface area contributed by atoms with E-state index in [0.717, 1.165) is 10.0 Å². The molecule has 0 atom stereocenters. The van der Waals surface area contributed by atoms with Gasteiger partial charge >= 0.3 is 0 Å². The molecule has 0 saturated heterocycles. The molecule has 1 spiro atoms. The summed E-state index contributed by atoms with van der Waals surface area (Å²) < 4.78 is 0. The van der Waals surface area contributed by atoms with Crippen molar-refractivity contribution >= 4 is 23.2 Å². The summed E-state index contributed by atoms with van der Waals surface area (Å²) in [5.41, 5.74) is 11.3. The summed E-state index contributed by atoms with van der Waals surface area (Å²) in [5, 5.41) is 1.46. The van der Waals surface area contributed by atoms with Crippen LogP contribution in [0, 0.1) is 0 Å². The highest BCUT2D eigenvalue weighted by Crippen LogP contribution is 2.64.